The molecule has 0 rings (SSSR count). The van der Waals surface area contributed by atoms with E-state index < -0.39 is 0 Å². The summed E-state index contributed by atoms with van der Waals surface area (Å²) < 4.78 is 1.15. The fraction of sp³-hybridized carbons (Fsp3) is 1.00. The number of hydrogen-bond donors (Lipinski definition) is 1. The van der Waals surface area contributed by atoms with Crippen LogP contribution in [0.2, 0.25) is 0 Å². The molecular weight excluding hydrogens is 210 g/mol. The second-order valence-corrected chi connectivity index (χ2v) is 5.60. The van der Waals surface area contributed by atoms with Gasteiger partial charge in [-0.3, -0.25) is 0 Å². The van der Waals surface area contributed by atoms with Gasteiger partial charge < -0.3 is 9.59 Å². The van der Waals surface area contributed by atoms with Crippen molar-refractivity contribution in [1.82, 2.24) is 0 Å². The smallest absolute Gasteiger partial charge is 0.105 e. The Morgan fingerprint density at radius 2 is 1.18 bits per heavy atom. The second kappa shape index (κ2) is 9.90. The lowest BCUT2D eigenvalue weighted by Crippen LogP contribution is -2.53. The van der Waals surface area contributed by atoms with Gasteiger partial charge in [-0.2, -0.15) is 0 Å². The van der Waals surface area contributed by atoms with Crippen molar-refractivity contribution in [2.75, 3.05) is 26.2 Å². The Balaban J connectivity index is 4.51. The molecule has 0 saturated heterocycles. The van der Waals surface area contributed by atoms with Crippen LogP contribution in [-0.2, 0) is 0 Å². The first-order valence-electron chi connectivity index (χ1n) is 7.63. The molecule has 0 aliphatic heterocycles. The zero-order valence-corrected chi connectivity index (χ0v) is 12.5. The van der Waals surface area contributed by atoms with Crippen molar-refractivity contribution >= 4 is 0 Å². The molecule has 0 amide bonds. The van der Waals surface area contributed by atoms with E-state index in [2.05, 4.69) is 20.8 Å². The van der Waals surface area contributed by atoms with Gasteiger partial charge in [0.05, 0.1) is 19.6 Å². The molecule has 0 radical (unpaired) electrons. The minimum atomic E-state index is -0.166. The van der Waals surface area contributed by atoms with Gasteiger partial charge in [-0.05, 0) is 26.2 Å². The van der Waals surface area contributed by atoms with Crippen LogP contribution in [0.25, 0.3) is 0 Å². The monoisotopic (exact) mass is 244 g/mol. The first kappa shape index (κ1) is 16.9. The summed E-state index contributed by atoms with van der Waals surface area (Å²) in [5, 5.41) is 9.77. The predicted octanol–water partition coefficient (Wildman–Crippen LogP) is 3.58. The second-order valence-electron chi connectivity index (χ2n) is 5.60. The highest BCUT2D eigenvalue weighted by molar-refractivity contribution is 4.52. The largest absolute Gasteiger partial charge is 0.388 e. The van der Waals surface area contributed by atoms with Gasteiger partial charge in [-0.25, -0.2) is 0 Å². The maximum absolute atomic E-state index is 9.77. The first-order valence-corrected chi connectivity index (χ1v) is 7.63. The molecule has 0 aromatic heterocycles. The summed E-state index contributed by atoms with van der Waals surface area (Å²) in [6, 6.07) is 0. The average Bonchev–Trinajstić information content (AvgIpc) is 2.30. The predicted molar refractivity (Wildman–Crippen MR) is 76.1 cm³/mol. The summed E-state index contributed by atoms with van der Waals surface area (Å²) >= 11 is 0. The van der Waals surface area contributed by atoms with Crippen molar-refractivity contribution in [3.8, 4) is 0 Å². The molecule has 104 valence electrons. The minimum Gasteiger partial charge on any atom is -0.388 e. The van der Waals surface area contributed by atoms with E-state index in [1.165, 1.54) is 58.2 Å². The summed E-state index contributed by atoms with van der Waals surface area (Å²) in [6.45, 7) is 13.4. The van der Waals surface area contributed by atoms with Gasteiger partial charge in [-0.15, -0.1) is 0 Å². The van der Waals surface area contributed by atoms with E-state index in [1.807, 2.05) is 6.92 Å². The summed E-state index contributed by atoms with van der Waals surface area (Å²) in [6.07, 6.45) is 7.50. The molecule has 0 heterocycles. The van der Waals surface area contributed by atoms with Crippen molar-refractivity contribution in [2.24, 2.45) is 0 Å². The SMILES string of the molecule is CCCC[N+](CCCC)(CCCC)CC(C)O. The number of hydrogen-bond acceptors (Lipinski definition) is 1. The quantitative estimate of drug-likeness (QED) is 0.551. The zero-order chi connectivity index (χ0) is 13.1. The third-order valence-corrected chi connectivity index (χ3v) is 3.61. The van der Waals surface area contributed by atoms with Crippen molar-refractivity contribution < 1.29 is 9.59 Å². The third-order valence-electron chi connectivity index (χ3n) is 3.61. The van der Waals surface area contributed by atoms with Crippen LogP contribution in [0, 0.1) is 0 Å². The summed E-state index contributed by atoms with van der Waals surface area (Å²) in [7, 11) is 0. The molecule has 0 bridgehead atoms. The van der Waals surface area contributed by atoms with E-state index in [0.29, 0.717) is 0 Å². The normalized spacial score (nSPS) is 13.9. The summed E-state index contributed by atoms with van der Waals surface area (Å²) in [5.74, 6) is 0. The molecule has 2 nitrogen and oxygen atoms in total. The fourth-order valence-electron chi connectivity index (χ4n) is 2.65. The molecule has 2 heteroatoms. The Labute approximate surface area is 109 Å². The number of rotatable bonds is 11. The van der Waals surface area contributed by atoms with E-state index in [0.717, 1.165) is 11.0 Å². The van der Waals surface area contributed by atoms with Gasteiger partial charge in [0.2, 0.25) is 0 Å². The van der Waals surface area contributed by atoms with Gasteiger partial charge in [0, 0.05) is 0 Å². The van der Waals surface area contributed by atoms with Gasteiger partial charge >= 0.3 is 0 Å². The summed E-state index contributed by atoms with van der Waals surface area (Å²) in [4.78, 5) is 0. The van der Waals surface area contributed by atoms with Crippen molar-refractivity contribution in [2.45, 2.75) is 72.3 Å². The van der Waals surface area contributed by atoms with E-state index >= 15 is 0 Å². The zero-order valence-electron chi connectivity index (χ0n) is 12.5. The number of unbranched alkanes of at least 4 members (excludes halogenated alkanes) is 3. The molecule has 0 aliphatic rings. The maximum atomic E-state index is 9.77. The van der Waals surface area contributed by atoms with Crippen LogP contribution in [0.15, 0.2) is 0 Å². The van der Waals surface area contributed by atoms with Gasteiger partial charge in [0.1, 0.15) is 12.6 Å². The Bertz CT molecular complexity index is 147. The molecule has 0 spiro atoms. The molecule has 0 aromatic carbocycles. The fourth-order valence-corrected chi connectivity index (χ4v) is 2.65. The van der Waals surface area contributed by atoms with E-state index in [1.54, 1.807) is 0 Å². The van der Waals surface area contributed by atoms with Crippen LogP contribution in [0.3, 0.4) is 0 Å². The Morgan fingerprint density at radius 3 is 1.41 bits per heavy atom. The van der Waals surface area contributed by atoms with Crippen LogP contribution >= 0.6 is 0 Å². The van der Waals surface area contributed by atoms with Crippen LogP contribution in [0.5, 0.6) is 0 Å². The first-order chi connectivity index (χ1) is 8.10. The number of aliphatic hydroxyl groups is 1. The molecular formula is C15H34NO+. The standard InChI is InChI=1S/C15H34NO/c1-5-8-11-16(12-9-6-2,13-10-7-3)14-15(4)17/h15,17H,5-14H2,1-4H3/q+1. The minimum absolute atomic E-state index is 0.166. The third kappa shape index (κ3) is 7.77. The number of nitrogens with zero attached hydrogens (tertiary/aromatic N) is 1. The van der Waals surface area contributed by atoms with Crippen LogP contribution in [0.1, 0.15) is 66.2 Å². The lowest BCUT2D eigenvalue weighted by atomic mass is 10.1. The number of quaternary nitrogens is 1. The van der Waals surface area contributed by atoms with Gasteiger partial charge in [0.15, 0.2) is 0 Å². The van der Waals surface area contributed by atoms with Crippen LogP contribution < -0.4 is 0 Å². The highest BCUT2D eigenvalue weighted by Crippen LogP contribution is 2.15. The van der Waals surface area contributed by atoms with Crippen molar-refractivity contribution in [3.05, 3.63) is 0 Å². The summed E-state index contributed by atoms with van der Waals surface area (Å²) in [5.41, 5.74) is 0. The van der Waals surface area contributed by atoms with Crippen LogP contribution in [0.4, 0.5) is 0 Å². The molecule has 0 fully saturated rings. The molecule has 1 atom stereocenters. The Morgan fingerprint density at radius 1 is 0.824 bits per heavy atom. The number of aliphatic hydroxyl groups excluding tert-OH is 1. The highest BCUT2D eigenvalue weighted by Gasteiger charge is 2.27. The molecule has 1 N–H and O–H groups in total. The van der Waals surface area contributed by atoms with Crippen LogP contribution in [-0.4, -0.2) is 41.9 Å². The highest BCUT2D eigenvalue weighted by atomic mass is 16.3. The lowest BCUT2D eigenvalue weighted by molar-refractivity contribution is -0.931. The topological polar surface area (TPSA) is 20.2 Å². The molecule has 0 aliphatic carbocycles. The van der Waals surface area contributed by atoms with Crippen molar-refractivity contribution in [1.29, 1.82) is 0 Å². The van der Waals surface area contributed by atoms with Crippen molar-refractivity contribution in [3.63, 3.8) is 0 Å². The molecule has 17 heavy (non-hydrogen) atoms. The van der Waals surface area contributed by atoms with Gasteiger partial charge in [0.25, 0.3) is 0 Å². The van der Waals surface area contributed by atoms with Gasteiger partial charge in [-0.1, -0.05) is 40.0 Å². The molecule has 0 saturated carbocycles. The lowest BCUT2D eigenvalue weighted by Gasteiger charge is -2.40. The maximum Gasteiger partial charge on any atom is 0.105 e. The van der Waals surface area contributed by atoms with E-state index in [-0.39, 0.29) is 6.10 Å². The Hall–Kier alpha value is -0.0800. The van der Waals surface area contributed by atoms with E-state index in [4.69, 9.17) is 0 Å². The molecule has 1 unspecified atom stereocenters. The average molecular weight is 244 g/mol. The van der Waals surface area contributed by atoms with E-state index in [9.17, 15) is 5.11 Å². The Kier molecular flexibility index (Phi) is 9.85. The molecule has 0 aromatic rings.